The molecule has 1 aliphatic carbocycles. The Morgan fingerprint density at radius 2 is 1.47 bits per heavy atom. The second-order valence-corrected chi connectivity index (χ2v) is 34.4. The Labute approximate surface area is 454 Å². The average molecular weight is 1220 g/mol. The number of thiophene rings is 1. The first-order chi connectivity index (χ1) is 35.1. The molecule has 5 aromatic heterocycles. The Hall–Kier alpha value is -4.60. The molecule has 0 saturated heterocycles. The first-order valence-electron chi connectivity index (χ1n) is 27.6. The summed E-state index contributed by atoms with van der Waals surface area (Å²) in [4.78, 5) is 21.5. The summed E-state index contributed by atoms with van der Waals surface area (Å²) in [6.07, 6.45) is 7.07. The Kier molecular flexibility index (Phi) is 14.1. The van der Waals surface area contributed by atoms with Crippen molar-refractivity contribution in [1.82, 2.24) is 24.5 Å². The molecule has 1 unspecified atom stereocenters. The van der Waals surface area contributed by atoms with Gasteiger partial charge in [-0.15, -0.1) is 18.2 Å². The minimum Gasteiger partial charge on any atom is 0 e. The van der Waals surface area contributed by atoms with Crippen LogP contribution in [0.4, 0.5) is 4.39 Å². The van der Waals surface area contributed by atoms with Crippen molar-refractivity contribution in [3.63, 3.8) is 0 Å². The second-order valence-electron chi connectivity index (χ2n) is 22.9. The van der Waals surface area contributed by atoms with Crippen molar-refractivity contribution in [3.8, 4) is 28.3 Å². The van der Waals surface area contributed by atoms with E-state index in [1.54, 1.807) is 37.4 Å². The number of hydrogen-bond acceptors (Lipinski definition) is 5. The summed E-state index contributed by atoms with van der Waals surface area (Å²) in [5.41, 5.74) is 12.4. The molecule has 1 aliphatic rings. The van der Waals surface area contributed by atoms with Crippen LogP contribution in [0.5, 0.6) is 0 Å². The summed E-state index contributed by atoms with van der Waals surface area (Å²) in [6.45, 7) is 21.8. The molecule has 1 atom stereocenters. The molecule has 5 heterocycles. The third kappa shape index (κ3) is 10.3. The molecule has 72 heavy (non-hydrogen) atoms. The number of hydrogen-bond donors (Lipinski definition) is 0. The van der Waals surface area contributed by atoms with Gasteiger partial charge in [-0.05, 0) is 87.9 Å². The van der Waals surface area contributed by atoms with Crippen molar-refractivity contribution < 1.29 is 30.0 Å². The number of fused-ring (bicyclic) bond motifs is 6. The predicted molar refractivity (Wildman–Crippen MR) is 304 cm³/mol. The van der Waals surface area contributed by atoms with Gasteiger partial charge in [-0.2, -0.15) is 11.3 Å². The fourth-order valence-corrected chi connectivity index (χ4v) is 15.0. The van der Waals surface area contributed by atoms with Crippen LogP contribution in [0.2, 0.25) is 17.3 Å². The molecule has 0 aliphatic heterocycles. The maximum absolute atomic E-state index is 14.8. The van der Waals surface area contributed by atoms with E-state index in [0.29, 0.717) is 23.4 Å². The van der Waals surface area contributed by atoms with E-state index in [2.05, 4.69) is 162 Å². The number of pyridine rings is 3. The van der Waals surface area contributed by atoms with Gasteiger partial charge in [-0.3, -0.25) is 9.97 Å². The number of rotatable bonds is 9. The molecule has 9 heteroatoms. The molecule has 0 N–H and O–H groups in total. The van der Waals surface area contributed by atoms with Crippen molar-refractivity contribution in [2.75, 3.05) is 0 Å². The van der Waals surface area contributed by atoms with E-state index in [1.165, 1.54) is 81.4 Å². The topological polar surface area (TPSA) is 56.5 Å². The summed E-state index contributed by atoms with van der Waals surface area (Å²) in [6, 6.07) is 33.3. The fraction of sp³-hybridized carbons (Fsp3) is 0.397. The molecule has 377 valence electrons. The summed E-state index contributed by atoms with van der Waals surface area (Å²) >= 11 is -0.483. The van der Waals surface area contributed by atoms with Gasteiger partial charge in [0.1, 0.15) is 4.83 Å². The number of benzene rings is 4. The number of imidazole rings is 1. The zero-order valence-corrected chi connectivity index (χ0v) is 49.9. The number of aromatic nitrogens is 5. The number of halogens is 1. The standard InChI is InChI=1S/C45H49N4S.C18H23FGeN.Ir/c1-25(2)35-23-31(45(7,8)9)24-36(26(3)4)40(35)49-41-38(21-19-30-18-17-27(5)46-39(30)41)47-43(49)34-16-12-15-32-33-20-22-37(48-44(33)50-42(32)34)28(6)29-13-10-11-14-29;1-12(2)15-10-17(21-11-16(15)20(4,5)6)14-9-7-8-13(3)18(14)19;/h12,15,17-26,28-29H,10-11,13-14H2,1-9H3;7-8,10-12H,1-6H3;/q2*-1;/i;3D3,12D;. The van der Waals surface area contributed by atoms with Crippen LogP contribution in [-0.2, 0) is 25.5 Å². The number of nitrogens with zero attached hydrogens (tertiary/aromatic N) is 5. The van der Waals surface area contributed by atoms with Crippen LogP contribution < -0.4 is 4.40 Å². The third-order valence-corrected chi connectivity index (χ3v) is 20.0. The van der Waals surface area contributed by atoms with Crippen molar-refractivity contribution >= 4 is 71.2 Å². The summed E-state index contributed by atoms with van der Waals surface area (Å²) < 4.78 is 50.3. The van der Waals surface area contributed by atoms with Gasteiger partial charge < -0.3 is 4.57 Å². The molecular weight excluding hydrogens is 1140 g/mol. The first-order valence-corrected chi connectivity index (χ1v) is 33.7. The molecule has 0 amide bonds. The summed E-state index contributed by atoms with van der Waals surface area (Å²) in [7, 11) is 0. The Morgan fingerprint density at radius 1 is 0.806 bits per heavy atom. The molecule has 9 aromatic rings. The summed E-state index contributed by atoms with van der Waals surface area (Å²) in [5.74, 6) is 7.70. The predicted octanol–water partition coefficient (Wildman–Crippen LogP) is 17.6. The quantitative estimate of drug-likeness (QED) is 0.107. The molecule has 0 bridgehead atoms. The van der Waals surface area contributed by atoms with Gasteiger partial charge in [0.2, 0.25) is 0 Å². The Morgan fingerprint density at radius 3 is 2.11 bits per heavy atom. The van der Waals surface area contributed by atoms with Gasteiger partial charge >= 0.3 is 135 Å². The molecule has 5 nitrogen and oxygen atoms in total. The van der Waals surface area contributed by atoms with E-state index < -0.39 is 31.8 Å². The largest absolute Gasteiger partial charge is 0 e. The third-order valence-electron chi connectivity index (χ3n) is 14.7. The van der Waals surface area contributed by atoms with Crippen molar-refractivity contribution in [2.24, 2.45) is 5.92 Å². The minimum absolute atomic E-state index is 0. The molecule has 1 saturated carbocycles. The maximum Gasteiger partial charge on any atom is 0 e. The van der Waals surface area contributed by atoms with E-state index in [0.717, 1.165) is 59.7 Å². The van der Waals surface area contributed by atoms with Gasteiger partial charge in [0.25, 0.3) is 0 Å². The van der Waals surface area contributed by atoms with Crippen molar-refractivity contribution in [1.29, 1.82) is 0 Å². The second kappa shape index (κ2) is 21.0. The maximum atomic E-state index is 14.8. The average Bonchev–Trinajstić information content (AvgIpc) is 4.10. The van der Waals surface area contributed by atoms with Crippen LogP contribution in [-0.4, -0.2) is 37.8 Å². The van der Waals surface area contributed by atoms with Gasteiger partial charge in [0.05, 0.1) is 22.4 Å². The van der Waals surface area contributed by atoms with Gasteiger partial charge in [0, 0.05) is 48.5 Å². The monoisotopic (exact) mass is 1220 g/mol. The summed E-state index contributed by atoms with van der Waals surface area (Å²) in [5, 5.41) is 3.56. The van der Waals surface area contributed by atoms with Gasteiger partial charge in [-0.1, -0.05) is 110 Å². The smallest absolute Gasteiger partial charge is 0 e. The Bertz CT molecular complexity index is 3600. The SMILES string of the molecule is Cc1ccc2ccc3nc(-c4[c-]ccc5c4sc4nc(C(C)C6CCCC6)ccc45)n(-c4c(C(C)C)cc(C(C)(C)C)cc4C(C)C)c3c2n1.[2H]C([2H])([2H])c1cc[c-]c(-c2cc(C([2H])(C)C)[c]([Ge]([CH3])([CH3])[CH3])cn2)c1F.[Ir]. The van der Waals surface area contributed by atoms with E-state index in [-0.39, 0.29) is 36.6 Å². The van der Waals surface area contributed by atoms with Gasteiger partial charge in [-0.25, -0.2) is 4.98 Å². The van der Waals surface area contributed by atoms with Gasteiger partial charge in [0.15, 0.2) is 0 Å². The molecule has 4 aromatic carbocycles. The van der Waals surface area contributed by atoms with Crippen LogP contribution in [0.15, 0.2) is 85.1 Å². The van der Waals surface area contributed by atoms with Crippen LogP contribution >= 0.6 is 11.3 Å². The van der Waals surface area contributed by atoms with Crippen LogP contribution in [0.25, 0.3) is 70.6 Å². The van der Waals surface area contributed by atoms with E-state index in [1.807, 2.05) is 0 Å². The Balaban J connectivity index is 0.000000249. The van der Waals surface area contributed by atoms with Crippen LogP contribution in [0.1, 0.15) is 163 Å². The van der Waals surface area contributed by atoms with Crippen LogP contribution in [0, 0.1) is 37.6 Å². The zero-order valence-electron chi connectivity index (χ0n) is 48.6. The molecular formula is C63H72FGeIrN5S-2. The zero-order chi connectivity index (χ0) is 54.3. The molecule has 1 radical (unpaired) electrons. The van der Waals surface area contributed by atoms with Crippen molar-refractivity contribution in [3.05, 3.63) is 142 Å². The fourth-order valence-electron chi connectivity index (χ4n) is 10.5. The molecule has 10 rings (SSSR count). The molecule has 1 fully saturated rings. The van der Waals surface area contributed by atoms with E-state index in [4.69, 9.17) is 20.4 Å². The van der Waals surface area contributed by atoms with E-state index in [9.17, 15) is 4.39 Å². The van der Waals surface area contributed by atoms with Crippen LogP contribution in [0.3, 0.4) is 0 Å². The van der Waals surface area contributed by atoms with Crippen molar-refractivity contribution in [2.45, 2.75) is 155 Å². The van der Waals surface area contributed by atoms with E-state index >= 15 is 0 Å². The first kappa shape index (κ1) is 48.3. The normalized spacial score (nSPS) is 15.2. The molecule has 0 spiro atoms. The number of aryl methyl sites for hydroxylation is 2. The minimum atomic E-state index is -2.54.